The SMILES string of the molecule is Brc1ccc(/C=C/c2nc(-c3ccccc3)c(N3CCCCC3)o2)cc1. The first-order chi connectivity index (χ1) is 12.8. The summed E-state index contributed by atoms with van der Waals surface area (Å²) < 4.78 is 7.25. The number of nitrogens with zero attached hydrogens (tertiary/aromatic N) is 2. The van der Waals surface area contributed by atoms with E-state index in [9.17, 15) is 0 Å². The molecule has 2 heterocycles. The Hall–Kier alpha value is -2.33. The zero-order chi connectivity index (χ0) is 17.8. The summed E-state index contributed by atoms with van der Waals surface area (Å²) >= 11 is 3.46. The van der Waals surface area contributed by atoms with Crippen LogP contribution in [0.4, 0.5) is 5.88 Å². The Morgan fingerprint density at radius 2 is 1.62 bits per heavy atom. The van der Waals surface area contributed by atoms with Crippen LogP contribution in [-0.2, 0) is 0 Å². The third kappa shape index (κ3) is 3.91. The van der Waals surface area contributed by atoms with Gasteiger partial charge in [-0.1, -0.05) is 58.4 Å². The molecule has 3 nitrogen and oxygen atoms in total. The van der Waals surface area contributed by atoms with Crippen LogP contribution >= 0.6 is 15.9 Å². The van der Waals surface area contributed by atoms with E-state index in [2.05, 4.69) is 45.1 Å². The number of hydrogen-bond acceptors (Lipinski definition) is 3. The molecule has 0 saturated carbocycles. The smallest absolute Gasteiger partial charge is 0.224 e. The molecule has 0 radical (unpaired) electrons. The topological polar surface area (TPSA) is 29.3 Å². The molecule has 0 unspecified atom stereocenters. The third-order valence-corrected chi connectivity index (χ3v) is 5.13. The van der Waals surface area contributed by atoms with Crippen molar-refractivity contribution in [1.82, 2.24) is 4.98 Å². The molecule has 1 fully saturated rings. The largest absolute Gasteiger partial charge is 0.420 e. The normalized spacial score (nSPS) is 14.9. The summed E-state index contributed by atoms with van der Waals surface area (Å²) in [5, 5.41) is 0. The molecule has 0 atom stereocenters. The van der Waals surface area contributed by atoms with E-state index in [1.54, 1.807) is 0 Å². The highest BCUT2D eigenvalue weighted by atomic mass is 79.9. The van der Waals surface area contributed by atoms with E-state index in [1.165, 1.54) is 19.3 Å². The van der Waals surface area contributed by atoms with Crippen LogP contribution in [0.25, 0.3) is 23.4 Å². The van der Waals surface area contributed by atoms with E-state index in [0.717, 1.165) is 40.3 Å². The van der Waals surface area contributed by atoms with Crippen LogP contribution in [0.15, 0.2) is 63.5 Å². The zero-order valence-electron chi connectivity index (χ0n) is 14.6. The average molecular weight is 409 g/mol. The molecule has 1 aliphatic heterocycles. The van der Waals surface area contributed by atoms with Gasteiger partial charge in [0.05, 0.1) is 0 Å². The molecule has 0 aliphatic carbocycles. The summed E-state index contributed by atoms with van der Waals surface area (Å²) in [6.07, 6.45) is 7.69. The van der Waals surface area contributed by atoms with Crippen LogP contribution in [0.3, 0.4) is 0 Å². The first-order valence-corrected chi connectivity index (χ1v) is 9.84. The van der Waals surface area contributed by atoms with Crippen molar-refractivity contribution in [1.29, 1.82) is 0 Å². The first-order valence-electron chi connectivity index (χ1n) is 9.04. The Balaban J connectivity index is 1.67. The van der Waals surface area contributed by atoms with E-state index in [1.807, 2.05) is 42.5 Å². The van der Waals surface area contributed by atoms with Gasteiger partial charge >= 0.3 is 0 Å². The molecule has 1 aliphatic rings. The van der Waals surface area contributed by atoms with Gasteiger partial charge in [0.25, 0.3) is 0 Å². The minimum Gasteiger partial charge on any atom is -0.420 e. The van der Waals surface area contributed by atoms with Gasteiger partial charge in [-0.3, -0.25) is 0 Å². The fourth-order valence-corrected chi connectivity index (χ4v) is 3.50. The summed E-state index contributed by atoms with van der Waals surface area (Å²) in [6, 6.07) is 18.5. The summed E-state index contributed by atoms with van der Waals surface area (Å²) in [7, 11) is 0. The highest BCUT2D eigenvalue weighted by molar-refractivity contribution is 9.10. The van der Waals surface area contributed by atoms with Crippen LogP contribution in [0, 0.1) is 0 Å². The summed E-state index contributed by atoms with van der Waals surface area (Å²) in [5.74, 6) is 1.54. The summed E-state index contributed by atoms with van der Waals surface area (Å²) in [4.78, 5) is 7.11. The molecule has 2 aromatic carbocycles. The van der Waals surface area contributed by atoms with Crippen molar-refractivity contribution < 1.29 is 4.42 Å². The molecule has 0 spiro atoms. The van der Waals surface area contributed by atoms with Gasteiger partial charge in [-0.05, 0) is 43.0 Å². The number of oxazole rings is 1. The van der Waals surface area contributed by atoms with E-state index < -0.39 is 0 Å². The molecule has 1 aromatic heterocycles. The van der Waals surface area contributed by atoms with E-state index in [4.69, 9.17) is 9.40 Å². The van der Waals surface area contributed by atoms with E-state index in [-0.39, 0.29) is 0 Å². The first kappa shape index (κ1) is 17.1. The second-order valence-electron chi connectivity index (χ2n) is 6.50. The Kier molecular flexibility index (Phi) is 5.21. The minimum absolute atomic E-state index is 0.646. The van der Waals surface area contributed by atoms with Crippen LogP contribution in [-0.4, -0.2) is 18.1 Å². The summed E-state index contributed by atoms with van der Waals surface area (Å²) in [5.41, 5.74) is 3.15. The number of rotatable bonds is 4. The number of piperidine rings is 1. The van der Waals surface area contributed by atoms with Crippen molar-refractivity contribution in [2.24, 2.45) is 0 Å². The lowest BCUT2D eigenvalue weighted by atomic mass is 10.1. The van der Waals surface area contributed by atoms with Gasteiger partial charge in [0.15, 0.2) is 0 Å². The highest BCUT2D eigenvalue weighted by Gasteiger charge is 2.21. The van der Waals surface area contributed by atoms with Crippen molar-refractivity contribution in [3.05, 3.63) is 70.5 Å². The van der Waals surface area contributed by atoms with Gasteiger partial charge in [0.1, 0.15) is 5.69 Å². The molecule has 3 aromatic rings. The van der Waals surface area contributed by atoms with Gasteiger partial charge in [-0.15, -0.1) is 0 Å². The minimum atomic E-state index is 0.646. The quantitative estimate of drug-likeness (QED) is 0.509. The van der Waals surface area contributed by atoms with Crippen molar-refractivity contribution in [3.8, 4) is 11.3 Å². The highest BCUT2D eigenvalue weighted by Crippen LogP contribution is 2.33. The van der Waals surface area contributed by atoms with Gasteiger partial charge in [-0.25, -0.2) is 4.98 Å². The molecule has 0 bridgehead atoms. The summed E-state index contributed by atoms with van der Waals surface area (Å²) in [6.45, 7) is 2.07. The molecule has 0 N–H and O–H groups in total. The molecular weight excluding hydrogens is 388 g/mol. The number of halogens is 1. The van der Waals surface area contributed by atoms with Gasteiger partial charge in [0.2, 0.25) is 11.8 Å². The lowest BCUT2D eigenvalue weighted by Gasteiger charge is -2.26. The Bertz CT molecular complexity index is 878. The van der Waals surface area contributed by atoms with Crippen LogP contribution in [0.1, 0.15) is 30.7 Å². The second kappa shape index (κ2) is 7.92. The monoisotopic (exact) mass is 408 g/mol. The third-order valence-electron chi connectivity index (χ3n) is 4.60. The molecule has 1 saturated heterocycles. The zero-order valence-corrected chi connectivity index (χ0v) is 16.2. The predicted molar refractivity (Wildman–Crippen MR) is 111 cm³/mol. The lowest BCUT2D eigenvalue weighted by Crippen LogP contribution is -2.29. The molecule has 132 valence electrons. The van der Waals surface area contributed by atoms with Crippen molar-refractivity contribution in [2.45, 2.75) is 19.3 Å². The number of benzene rings is 2. The van der Waals surface area contributed by atoms with Crippen molar-refractivity contribution in [3.63, 3.8) is 0 Å². The van der Waals surface area contributed by atoms with Gasteiger partial charge in [0, 0.05) is 29.2 Å². The van der Waals surface area contributed by atoms with Crippen LogP contribution in [0.5, 0.6) is 0 Å². The Labute approximate surface area is 162 Å². The molecule has 4 heteroatoms. The fraction of sp³-hybridized carbons (Fsp3) is 0.227. The molecule has 4 rings (SSSR count). The predicted octanol–water partition coefficient (Wildman–Crippen LogP) is 6.26. The van der Waals surface area contributed by atoms with Gasteiger partial charge < -0.3 is 9.32 Å². The van der Waals surface area contributed by atoms with Crippen LogP contribution < -0.4 is 4.90 Å². The molecule has 26 heavy (non-hydrogen) atoms. The average Bonchev–Trinajstić information content (AvgIpc) is 3.13. The lowest BCUT2D eigenvalue weighted by molar-refractivity contribution is 0.492. The Morgan fingerprint density at radius 1 is 0.885 bits per heavy atom. The maximum absolute atomic E-state index is 6.17. The maximum atomic E-state index is 6.17. The number of hydrogen-bond donors (Lipinski definition) is 0. The van der Waals surface area contributed by atoms with E-state index >= 15 is 0 Å². The Morgan fingerprint density at radius 3 is 2.35 bits per heavy atom. The molecule has 0 amide bonds. The maximum Gasteiger partial charge on any atom is 0.224 e. The van der Waals surface area contributed by atoms with Crippen molar-refractivity contribution >= 4 is 34.0 Å². The molecular formula is C22H21BrN2O. The van der Waals surface area contributed by atoms with Crippen LogP contribution in [0.2, 0.25) is 0 Å². The number of aromatic nitrogens is 1. The van der Waals surface area contributed by atoms with Gasteiger partial charge in [-0.2, -0.15) is 0 Å². The number of anilines is 1. The van der Waals surface area contributed by atoms with Crippen molar-refractivity contribution in [2.75, 3.05) is 18.0 Å². The van der Waals surface area contributed by atoms with E-state index in [0.29, 0.717) is 5.89 Å². The second-order valence-corrected chi connectivity index (χ2v) is 7.42. The standard InChI is InChI=1S/C22H21BrN2O/c23-19-12-9-17(10-13-19)11-14-20-24-21(18-7-3-1-4-8-18)22(26-20)25-15-5-2-6-16-25/h1,3-4,7-14H,2,5-6,15-16H2/b14-11+. The fourth-order valence-electron chi connectivity index (χ4n) is 3.24.